The molecule has 1 unspecified atom stereocenters. The highest BCUT2D eigenvalue weighted by atomic mass is 16.5. The van der Waals surface area contributed by atoms with Crippen LogP contribution in [0.3, 0.4) is 0 Å². The van der Waals surface area contributed by atoms with E-state index in [9.17, 15) is 4.79 Å². The summed E-state index contributed by atoms with van der Waals surface area (Å²) in [5.74, 6) is 0.757. The van der Waals surface area contributed by atoms with Gasteiger partial charge in [-0.25, -0.2) is 0 Å². The molecular weight excluding hydrogens is 316 g/mol. The summed E-state index contributed by atoms with van der Waals surface area (Å²) in [4.78, 5) is 12.9. The Morgan fingerprint density at radius 1 is 1.24 bits per heavy atom. The third-order valence-electron chi connectivity index (χ3n) is 4.57. The van der Waals surface area contributed by atoms with Crippen LogP contribution in [0.15, 0.2) is 54.7 Å². The number of benzene rings is 2. The number of amides is 1. The molecule has 3 aromatic rings. The van der Waals surface area contributed by atoms with Crippen LogP contribution in [0.1, 0.15) is 22.0 Å². The van der Waals surface area contributed by atoms with Gasteiger partial charge in [0.25, 0.3) is 5.91 Å². The first-order chi connectivity index (χ1) is 12.3. The molecule has 1 aliphatic heterocycles. The molecule has 1 amide bonds. The molecule has 1 atom stereocenters. The molecular formula is C20H20N2O3. The number of para-hydroxylation sites is 2. The summed E-state index contributed by atoms with van der Waals surface area (Å²) in [5.41, 5.74) is 2.74. The molecule has 0 aliphatic carbocycles. The number of hydrogen-bond acceptors (Lipinski definition) is 3. The maximum atomic E-state index is 12.9. The van der Waals surface area contributed by atoms with Crippen molar-refractivity contribution in [1.29, 1.82) is 0 Å². The van der Waals surface area contributed by atoms with Crippen LogP contribution in [0, 0.1) is 0 Å². The minimum absolute atomic E-state index is 0.0855. The van der Waals surface area contributed by atoms with Crippen LogP contribution < -0.4 is 10.1 Å². The Labute approximate surface area is 146 Å². The van der Waals surface area contributed by atoms with Crippen molar-refractivity contribution in [2.24, 2.45) is 0 Å². The minimum Gasteiger partial charge on any atom is -0.491 e. The third kappa shape index (κ3) is 2.87. The molecule has 0 fully saturated rings. The summed E-state index contributed by atoms with van der Waals surface area (Å²) in [6, 6.07) is 15.6. The van der Waals surface area contributed by atoms with Crippen molar-refractivity contribution in [2.75, 3.05) is 20.3 Å². The van der Waals surface area contributed by atoms with E-state index in [4.69, 9.17) is 9.47 Å². The number of carbonyl (C=O) groups is 1. The number of fused-ring (bicyclic) bond motifs is 2. The average molecular weight is 336 g/mol. The molecule has 0 radical (unpaired) electrons. The normalized spacial score (nSPS) is 15.8. The van der Waals surface area contributed by atoms with Crippen LogP contribution in [-0.2, 0) is 11.3 Å². The fourth-order valence-electron chi connectivity index (χ4n) is 3.32. The predicted molar refractivity (Wildman–Crippen MR) is 96.0 cm³/mol. The fourth-order valence-corrected chi connectivity index (χ4v) is 3.32. The first kappa shape index (κ1) is 15.7. The van der Waals surface area contributed by atoms with E-state index in [0.717, 1.165) is 22.2 Å². The van der Waals surface area contributed by atoms with Gasteiger partial charge in [0.15, 0.2) is 0 Å². The molecule has 128 valence electrons. The zero-order valence-corrected chi connectivity index (χ0v) is 14.1. The molecule has 2 aromatic carbocycles. The second kappa shape index (κ2) is 6.61. The smallest absolute Gasteiger partial charge is 0.254 e. The van der Waals surface area contributed by atoms with Crippen molar-refractivity contribution in [3.05, 3.63) is 65.9 Å². The van der Waals surface area contributed by atoms with E-state index in [1.807, 2.05) is 54.7 Å². The summed E-state index contributed by atoms with van der Waals surface area (Å²) in [5, 5.41) is 4.05. The van der Waals surface area contributed by atoms with Gasteiger partial charge in [-0.05, 0) is 12.1 Å². The van der Waals surface area contributed by atoms with Crippen LogP contribution in [0.25, 0.3) is 10.9 Å². The summed E-state index contributed by atoms with van der Waals surface area (Å²) >= 11 is 0. The molecule has 1 N–H and O–H groups in total. The van der Waals surface area contributed by atoms with Gasteiger partial charge in [-0.3, -0.25) is 4.79 Å². The Hall–Kier alpha value is -2.79. The standard InChI is InChI=1S/C20H20N2O3/c1-24-11-10-22-12-16(14-6-2-4-8-18(14)22)20(23)21-17-13-25-19-9-5-3-7-15(17)19/h2-9,12,17H,10-11,13H2,1H3,(H,21,23). The number of nitrogens with zero attached hydrogens (tertiary/aromatic N) is 1. The molecule has 4 rings (SSSR count). The monoisotopic (exact) mass is 336 g/mol. The Morgan fingerprint density at radius 2 is 2.04 bits per heavy atom. The van der Waals surface area contributed by atoms with E-state index in [2.05, 4.69) is 9.88 Å². The van der Waals surface area contributed by atoms with Crippen molar-refractivity contribution in [3.63, 3.8) is 0 Å². The Bertz CT molecular complexity index is 916. The number of ether oxygens (including phenoxy) is 2. The first-order valence-electron chi connectivity index (χ1n) is 8.37. The predicted octanol–water partition coefficient (Wildman–Crippen LogP) is 3.15. The lowest BCUT2D eigenvalue weighted by Crippen LogP contribution is -2.29. The minimum atomic E-state index is -0.121. The van der Waals surface area contributed by atoms with Gasteiger partial charge in [0.05, 0.1) is 18.2 Å². The summed E-state index contributed by atoms with van der Waals surface area (Å²) in [7, 11) is 1.68. The van der Waals surface area contributed by atoms with Crippen LogP contribution >= 0.6 is 0 Å². The largest absolute Gasteiger partial charge is 0.491 e. The van der Waals surface area contributed by atoms with E-state index in [-0.39, 0.29) is 11.9 Å². The summed E-state index contributed by atoms with van der Waals surface area (Å²) < 4.78 is 12.9. The number of rotatable bonds is 5. The number of hydrogen-bond donors (Lipinski definition) is 1. The van der Waals surface area contributed by atoms with Crippen molar-refractivity contribution >= 4 is 16.8 Å². The molecule has 1 aliphatic rings. The van der Waals surface area contributed by atoms with Gasteiger partial charge < -0.3 is 19.4 Å². The molecule has 5 heteroatoms. The number of nitrogens with one attached hydrogen (secondary N) is 1. The fraction of sp³-hybridized carbons (Fsp3) is 0.250. The maximum Gasteiger partial charge on any atom is 0.254 e. The van der Waals surface area contributed by atoms with Crippen molar-refractivity contribution in [1.82, 2.24) is 9.88 Å². The SMILES string of the molecule is COCCn1cc(C(=O)NC2COc3ccccc32)c2ccccc21. The molecule has 0 spiro atoms. The summed E-state index contributed by atoms with van der Waals surface area (Å²) in [6.07, 6.45) is 1.90. The second-order valence-electron chi connectivity index (χ2n) is 6.12. The van der Waals surface area contributed by atoms with Crippen molar-refractivity contribution in [3.8, 4) is 5.75 Å². The Morgan fingerprint density at radius 3 is 2.92 bits per heavy atom. The van der Waals surface area contributed by atoms with E-state index in [1.54, 1.807) is 7.11 Å². The number of aromatic nitrogens is 1. The highest BCUT2D eigenvalue weighted by Gasteiger charge is 2.26. The van der Waals surface area contributed by atoms with E-state index in [1.165, 1.54) is 0 Å². The van der Waals surface area contributed by atoms with Gasteiger partial charge in [0, 0.05) is 36.3 Å². The molecule has 1 aromatic heterocycles. The summed E-state index contributed by atoms with van der Waals surface area (Å²) in [6.45, 7) is 1.77. The quantitative estimate of drug-likeness (QED) is 0.779. The highest BCUT2D eigenvalue weighted by Crippen LogP contribution is 2.32. The Kier molecular flexibility index (Phi) is 4.15. The highest BCUT2D eigenvalue weighted by molar-refractivity contribution is 6.07. The van der Waals surface area contributed by atoms with Gasteiger partial charge in [0.1, 0.15) is 12.4 Å². The van der Waals surface area contributed by atoms with Crippen LogP contribution in [0.4, 0.5) is 0 Å². The van der Waals surface area contributed by atoms with E-state index < -0.39 is 0 Å². The first-order valence-corrected chi connectivity index (χ1v) is 8.37. The number of carbonyl (C=O) groups excluding carboxylic acids is 1. The van der Waals surface area contributed by atoms with Gasteiger partial charge in [-0.1, -0.05) is 36.4 Å². The van der Waals surface area contributed by atoms with Gasteiger partial charge in [0.2, 0.25) is 0 Å². The van der Waals surface area contributed by atoms with Crippen LogP contribution in [0.5, 0.6) is 5.75 Å². The molecule has 0 saturated carbocycles. The van der Waals surface area contributed by atoms with Crippen molar-refractivity contribution < 1.29 is 14.3 Å². The second-order valence-corrected chi connectivity index (χ2v) is 6.12. The van der Waals surface area contributed by atoms with Crippen LogP contribution in [-0.4, -0.2) is 30.8 Å². The third-order valence-corrected chi connectivity index (χ3v) is 4.57. The zero-order chi connectivity index (χ0) is 17.2. The molecule has 0 bridgehead atoms. The Balaban J connectivity index is 1.62. The molecule has 0 saturated heterocycles. The maximum absolute atomic E-state index is 12.9. The van der Waals surface area contributed by atoms with Gasteiger partial charge >= 0.3 is 0 Å². The molecule has 5 nitrogen and oxygen atoms in total. The lowest BCUT2D eigenvalue weighted by Gasteiger charge is -2.11. The topological polar surface area (TPSA) is 52.5 Å². The van der Waals surface area contributed by atoms with Crippen LogP contribution in [0.2, 0.25) is 0 Å². The molecule has 25 heavy (non-hydrogen) atoms. The average Bonchev–Trinajstić information content (AvgIpc) is 3.22. The number of methoxy groups -OCH3 is 1. The lowest BCUT2D eigenvalue weighted by atomic mass is 10.1. The van der Waals surface area contributed by atoms with E-state index >= 15 is 0 Å². The zero-order valence-electron chi connectivity index (χ0n) is 14.1. The van der Waals surface area contributed by atoms with Gasteiger partial charge in [-0.15, -0.1) is 0 Å². The van der Waals surface area contributed by atoms with Crippen molar-refractivity contribution in [2.45, 2.75) is 12.6 Å². The van der Waals surface area contributed by atoms with Gasteiger partial charge in [-0.2, -0.15) is 0 Å². The molecule has 2 heterocycles. The lowest BCUT2D eigenvalue weighted by molar-refractivity contribution is 0.0931. The van der Waals surface area contributed by atoms with E-state index in [0.29, 0.717) is 25.3 Å².